The van der Waals surface area contributed by atoms with Gasteiger partial charge < -0.3 is 24.1 Å². The Morgan fingerprint density at radius 2 is 2.00 bits per heavy atom. The largest absolute Gasteiger partial charge is 0.493 e. The molecule has 1 aliphatic rings. The number of aryl methyl sites for hydroxylation is 1. The van der Waals surface area contributed by atoms with Crippen LogP contribution in [-0.2, 0) is 13.1 Å². The first kappa shape index (κ1) is 18.2. The molecule has 1 aromatic heterocycles. The van der Waals surface area contributed by atoms with Crippen molar-refractivity contribution < 1.29 is 19.0 Å². The molecular weight excluding hydrogens is 356 g/mol. The monoisotopic (exact) mass is 380 g/mol. The van der Waals surface area contributed by atoms with Crippen LogP contribution in [0.5, 0.6) is 17.2 Å². The van der Waals surface area contributed by atoms with Crippen molar-refractivity contribution in [1.82, 2.24) is 9.88 Å². The minimum atomic E-state index is -0.107. The molecule has 0 atom stereocenters. The van der Waals surface area contributed by atoms with Crippen LogP contribution in [0.1, 0.15) is 36.3 Å². The van der Waals surface area contributed by atoms with Gasteiger partial charge in [-0.05, 0) is 49.2 Å². The third-order valence-electron chi connectivity index (χ3n) is 4.78. The van der Waals surface area contributed by atoms with Gasteiger partial charge in [0, 0.05) is 18.5 Å². The zero-order valence-electron chi connectivity index (χ0n) is 16.2. The molecule has 0 fully saturated rings. The highest BCUT2D eigenvalue weighted by molar-refractivity contribution is 6.00. The number of hydrogen-bond donors (Lipinski definition) is 1. The zero-order valence-corrected chi connectivity index (χ0v) is 16.2. The van der Waals surface area contributed by atoms with Gasteiger partial charge >= 0.3 is 0 Å². The number of carbonyl (C=O) groups excluding carboxylic acids is 1. The number of ether oxygens (including phenoxy) is 3. The van der Waals surface area contributed by atoms with Crippen LogP contribution in [-0.4, -0.2) is 23.9 Å². The highest BCUT2D eigenvalue weighted by Gasteiger charge is 2.18. The maximum atomic E-state index is 13.0. The summed E-state index contributed by atoms with van der Waals surface area (Å²) in [7, 11) is 0. The molecule has 6 nitrogen and oxygen atoms in total. The molecule has 3 aromatic rings. The zero-order chi connectivity index (χ0) is 19.5. The first-order chi connectivity index (χ1) is 13.7. The molecule has 2 aromatic carbocycles. The first-order valence-electron chi connectivity index (χ1n) is 9.63. The van der Waals surface area contributed by atoms with E-state index in [2.05, 4.69) is 16.8 Å². The summed E-state index contributed by atoms with van der Waals surface area (Å²) in [4.78, 5) is 13.0. The van der Waals surface area contributed by atoms with Gasteiger partial charge in [-0.25, -0.2) is 0 Å². The summed E-state index contributed by atoms with van der Waals surface area (Å²) in [5.74, 6) is 2.15. The van der Waals surface area contributed by atoms with Crippen LogP contribution in [0.4, 0.5) is 0 Å². The Kier molecular flexibility index (Phi) is 5.10. The Hall–Kier alpha value is -3.15. The topological polar surface area (TPSA) is 61.7 Å². The number of hydrogen-bond acceptors (Lipinski definition) is 4. The van der Waals surface area contributed by atoms with E-state index in [0.29, 0.717) is 24.6 Å². The standard InChI is InChI=1S/C22H24N2O4/c1-3-10-24-17-6-5-7-19(26-4-2)16(17)12-18(24)22(25)23-13-15-8-9-20-21(11-15)28-14-27-20/h5-9,11-12H,3-4,10,13-14H2,1-2H3,(H,23,25). The van der Waals surface area contributed by atoms with Gasteiger partial charge in [-0.1, -0.05) is 19.1 Å². The molecule has 0 saturated carbocycles. The van der Waals surface area contributed by atoms with Crippen molar-refractivity contribution in [2.45, 2.75) is 33.4 Å². The van der Waals surface area contributed by atoms with E-state index >= 15 is 0 Å². The van der Waals surface area contributed by atoms with Crippen molar-refractivity contribution in [3.8, 4) is 17.2 Å². The third-order valence-corrected chi connectivity index (χ3v) is 4.78. The van der Waals surface area contributed by atoms with Gasteiger partial charge in [-0.15, -0.1) is 0 Å². The minimum Gasteiger partial charge on any atom is -0.493 e. The van der Waals surface area contributed by atoms with Gasteiger partial charge in [-0.3, -0.25) is 4.79 Å². The normalized spacial score (nSPS) is 12.4. The van der Waals surface area contributed by atoms with Gasteiger partial charge in [0.2, 0.25) is 6.79 Å². The van der Waals surface area contributed by atoms with Crippen molar-refractivity contribution in [3.63, 3.8) is 0 Å². The summed E-state index contributed by atoms with van der Waals surface area (Å²) in [5, 5.41) is 3.98. The molecule has 0 spiro atoms. The number of amides is 1. The molecule has 1 N–H and O–H groups in total. The van der Waals surface area contributed by atoms with Crippen molar-refractivity contribution in [2.24, 2.45) is 0 Å². The maximum Gasteiger partial charge on any atom is 0.268 e. The second kappa shape index (κ2) is 7.84. The predicted molar refractivity (Wildman–Crippen MR) is 107 cm³/mol. The molecule has 146 valence electrons. The van der Waals surface area contributed by atoms with Gasteiger partial charge in [-0.2, -0.15) is 0 Å². The van der Waals surface area contributed by atoms with Crippen LogP contribution in [0, 0.1) is 0 Å². The lowest BCUT2D eigenvalue weighted by Crippen LogP contribution is -2.25. The second-order valence-electron chi connectivity index (χ2n) is 6.67. The highest BCUT2D eigenvalue weighted by Crippen LogP contribution is 2.33. The fraction of sp³-hybridized carbons (Fsp3) is 0.318. The van der Waals surface area contributed by atoms with E-state index in [1.165, 1.54) is 0 Å². The summed E-state index contributed by atoms with van der Waals surface area (Å²) in [6.07, 6.45) is 0.936. The number of aromatic nitrogens is 1. The highest BCUT2D eigenvalue weighted by atomic mass is 16.7. The molecule has 0 bridgehead atoms. The summed E-state index contributed by atoms with van der Waals surface area (Å²) < 4.78 is 18.5. The number of carbonyl (C=O) groups is 1. The van der Waals surface area contributed by atoms with Gasteiger partial charge in [0.25, 0.3) is 5.91 Å². The van der Waals surface area contributed by atoms with E-state index in [0.717, 1.165) is 40.9 Å². The van der Waals surface area contributed by atoms with Gasteiger partial charge in [0.15, 0.2) is 11.5 Å². The molecular formula is C22H24N2O4. The van der Waals surface area contributed by atoms with Gasteiger partial charge in [0.05, 0.1) is 12.1 Å². The van der Waals surface area contributed by atoms with Crippen LogP contribution in [0.25, 0.3) is 10.9 Å². The van der Waals surface area contributed by atoms with E-state index < -0.39 is 0 Å². The molecule has 1 amide bonds. The molecule has 1 aliphatic heterocycles. The smallest absolute Gasteiger partial charge is 0.268 e. The lowest BCUT2D eigenvalue weighted by atomic mass is 10.2. The van der Waals surface area contributed by atoms with Crippen LogP contribution in [0.15, 0.2) is 42.5 Å². The van der Waals surface area contributed by atoms with Crippen molar-refractivity contribution in [3.05, 3.63) is 53.7 Å². The lowest BCUT2D eigenvalue weighted by molar-refractivity contribution is 0.0942. The second-order valence-corrected chi connectivity index (χ2v) is 6.67. The Balaban J connectivity index is 1.59. The molecule has 2 heterocycles. The number of nitrogens with one attached hydrogen (secondary N) is 1. The van der Waals surface area contributed by atoms with E-state index in [9.17, 15) is 4.79 Å². The minimum absolute atomic E-state index is 0.107. The molecule has 28 heavy (non-hydrogen) atoms. The summed E-state index contributed by atoms with van der Waals surface area (Å²) in [5.41, 5.74) is 2.62. The maximum absolute atomic E-state index is 13.0. The average Bonchev–Trinajstić information content (AvgIpc) is 3.32. The van der Waals surface area contributed by atoms with E-state index in [4.69, 9.17) is 14.2 Å². The molecule has 0 radical (unpaired) electrons. The van der Waals surface area contributed by atoms with Crippen LogP contribution >= 0.6 is 0 Å². The Morgan fingerprint density at radius 3 is 2.82 bits per heavy atom. The lowest BCUT2D eigenvalue weighted by Gasteiger charge is -2.11. The SMILES string of the molecule is CCCn1c(C(=O)NCc2ccc3c(c2)OCO3)cc2c(OCC)cccc21. The number of rotatable bonds is 7. The Morgan fingerprint density at radius 1 is 1.14 bits per heavy atom. The fourth-order valence-electron chi connectivity index (χ4n) is 3.52. The average molecular weight is 380 g/mol. The van der Waals surface area contributed by atoms with Crippen molar-refractivity contribution in [2.75, 3.05) is 13.4 Å². The Bertz CT molecular complexity index is 1010. The fourth-order valence-corrected chi connectivity index (χ4v) is 3.52. The molecule has 4 rings (SSSR count). The van der Waals surface area contributed by atoms with E-state index in [1.807, 2.05) is 49.4 Å². The Labute approximate surface area is 164 Å². The van der Waals surface area contributed by atoms with E-state index in [1.54, 1.807) is 0 Å². The summed E-state index contributed by atoms with van der Waals surface area (Å²) in [6.45, 7) is 6.08. The predicted octanol–water partition coefficient (Wildman–Crippen LogP) is 4.11. The number of fused-ring (bicyclic) bond motifs is 2. The van der Waals surface area contributed by atoms with Crippen LogP contribution < -0.4 is 19.5 Å². The van der Waals surface area contributed by atoms with E-state index in [-0.39, 0.29) is 12.7 Å². The molecule has 0 aliphatic carbocycles. The molecule has 0 unspecified atom stereocenters. The molecule has 6 heteroatoms. The number of nitrogens with zero attached hydrogens (tertiary/aromatic N) is 1. The van der Waals surface area contributed by atoms with Crippen LogP contribution in [0.2, 0.25) is 0 Å². The van der Waals surface area contributed by atoms with Crippen molar-refractivity contribution >= 4 is 16.8 Å². The summed E-state index contributed by atoms with van der Waals surface area (Å²) in [6, 6.07) is 13.6. The quantitative estimate of drug-likeness (QED) is 0.670. The first-order valence-corrected chi connectivity index (χ1v) is 9.63. The summed E-state index contributed by atoms with van der Waals surface area (Å²) >= 11 is 0. The van der Waals surface area contributed by atoms with Gasteiger partial charge in [0.1, 0.15) is 11.4 Å². The van der Waals surface area contributed by atoms with Crippen LogP contribution in [0.3, 0.4) is 0 Å². The molecule has 0 saturated heterocycles. The van der Waals surface area contributed by atoms with Crippen molar-refractivity contribution in [1.29, 1.82) is 0 Å². The number of benzene rings is 2. The third kappa shape index (κ3) is 3.38.